The van der Waals surface area contributed by atoms with E-state index in [9.17, 15) is 0 Å². The second kappa shape index (κ2) is 6.02. The SMILES string of the molecule is CNc1nc(N2CCCCCC2C)nc(-n2cncn2)n1. The van der Waals surface area contributed by atoms with E-state index in [1.165, 1.54) is 32.0 Å². The molecule has 0 aliphatic carbocycles. The molecule has 21 heavy (non-hydrogen) atoms. The zero-order valence-electron chi connectivity index (χ0n) is 12.4. The smallest absolute Gasteiger partial charge is 0.258 e. The highest BCUT2D eigenvalue weighted by Crippen LogP contribution is 2.22. The average molecular weight is 288 g/mol. The second-order valence-corrected chi connectivity index (χ2v) is 5.24. The van der Waals surface area contributed by atoms with Crippen molar-refractivity contribution in [3.05, 3.63) is 12.7 Å². The van der Waals surface area contributed by atoms with E-state index < -0.39 is 0 Å². The van der Waals surface area contributed by atoms with Crippen molar-refractivity contribution in [3.63, 3.8) is 0 Å². The van der Waals surface area contributed by atoms with Crippen molar-refractivity contribution < 1.29 is 0 Å². The van der Waals surface area contributed by atoms with Gasteiger partial charge in [-0.25, -0.2) is 4.98 Å². The van der Waals surface area contributed by atoms with Gasteiger partial charge in [0.2, 0.25) is 11.9 Å². The van der Waals surface area contributed by atoms with Crippen LogP contribution in [0.4, 0.5) is 11.9 Å². The molecule has 1 aliphatic heterocycles. The molecule has 0 radical (unpaired) electrons. The fourth-order valence-corrected chi connectivity index (χ4v) is 2.58. The Labute approximate surface area is 123 Å². The third kappa shape index (κ3) is 2.93. The van der Waals surface area contributed by atoms with Gasteiger partial charge in [0, 0.05) is 19.6 Å². The van der Waals surface area contributed by atoms with Crippen LogP contribution in [-0.4, -0.2) is 49.4 Å². The average Bonchev–Trinajstić information content (AvgIpc) is 2.96. The van der Waals surface area contributed by atoms with Gasteiger partial charge in [0.25, 0.3) is 5.95 Å². The van der Waals surface area contributed by atoms with Gasteiger partial charge in [-0.3, -0.25) is 0 Å². The molecule has 1 atom stereocenters. The van der Waals surface area contributed by atoms with Crippen LogP contribution in [-0.2, 0) is 0 Å². The molecule has 1 fully saturated rings. The number of nitrogens with one attached hydrogen (secondary N) is 1. The Morgan fingerprint density at radius 3 is 2.76 bits per heavy atom. The van der Waals surface area contributed by atoms with E-state index >= 15 is 0 Å². The monoisotopic (exact) mass is 288 g/mol. The maximum Gasteiger partial charge on any atom is 0.258 e. The summed E-state index contributed by atoms with van der Waals surface area (Å²) in [6.45, 7) is 3.20. The molecule has 1 N–H and O–H groups in total. The van der Waals surface area contributed by atoms with Crippen molar-refractivity contribution in [2.45, 2.75) is 38.6 Å². The molecule has 1 saturated heterocycles. The first-order chi connectivity index (χ1) is 10.3. The molecule has 0 aromatic carbocycles. The third-order valence-electron chi connectivity index (χ3n) is 3.77. The largest absolute Gasteiger partial charge is 0.357 e. The van der Waals surface area contributed by atoms with Crippen LogP contribution in [0.25, 0.3) is 5.95 Å². The quantitative estimate of drug-likeness (QED) is 0.910. The molecule has 112 valence electrons. The molecule has 0 spiro atoms. The Hall–Kier alpha value is -2.25. The van der Waals surface area contributed by atoms with Crippen molar-refractivity contribution in [1.82, 2.24) is 29.7 Å². The fraction of sp³-hybridized carbons (Fsp3) is 0.615. The maximum atomic E-state index is 4.56. The highest BCUT2D eigenvalue weighted by Gasteiger charge is 2.21. The fourth-order valence-electron chi connectivity index (χ4n) is 2.58. The molecule has 1 aliphatic rings. The van der Waals surface area contributed by atoms with Crippen molar-refractivity contribution in [2.75, 3.05) is 23.8 Å². The summed E-state index contributed by atoms with van der Waals surface area (Å²) in [5.41, 5.74) is 0. The molecular weight excluding hydrogens is 268 g/mol. The lowest BCUT2D eigenvalue weighted by Crippen LogP contribution is -2.34. The first-order valence-electron chi connectivity index (χ1n) is 7.33. The Morgan fingerprint density at radius 2 is 2.00 bits per heavy atom. The molecule has 0 amide bonds. The molecule has 2 aromatic rings. The summed E-state index contributed by atoms with van der Waals surface area (Å²) >= 11 is 0. The number of aromatic nitrogens is 6. The summed E-state index contributed by atoms with van der Waals surface area (Å²) in [7, 11) is 1.80. The third-order valence-corrected chi connectivity index (χ3v) is 3.77. The molecule has 3 heterocycles. The van der Waals surface area contributed by atoms with Crippen molar-refractivity contribution >= 4 is 11.9 Å². The highest BCUT2D eigenvalue weighted by molar-refractivity contribution is 5.40. The van der Waals surface area contributed by atoms with E-state index in [2.05, 4.69) is 42.2 Å². The topological polar surface area (TPSA) is 84.7 Å². The predicted molar refractivity (Wildman–Crippen MR) is 79.6 cm³/mol. The van der Waals surface area contributed by atoms with Gasteiger partial charge in [-0.05, 0) is 19.8 Å². The number of hydrogen-bond donors (Lipinski definition) is 1. The first kappa shape index (κ1) is 13.7. The van der Waals surface area contributed by atoms with Crippen LogP contribution in [0.1, 0.15) is 32.6 Å². The molecular formula is C13H20N8. The second-order valence-electron chi connectivity index (χ2n) is 5.24. The van der Waals surface area contributed by atoms with Gasteiger partial charge in [-0.2, -0.15) is 24.7 Å². The van der Waals surface area contributed by atoms with Crippen LogP contribution < -0.4 is 10.2 Å². The lowest BCUT2D eigenvalue weighted by atomic mass is 10.1. The van der Waals surface area contributed by atoms with E-state index in [0.717, 1.165) is 6.54 Å². The summed E-state index contributed by atoms with van der Waals surface area (Å²) in [6.07, 6.45) is 7.92. The summed E-state index contributed by atoms with van der Waals surface area (Å²) < 4.78 is 1.55. The van der Waals surface area contributed by atoms with Crippen LogP contribution in [0, 0.1) is 0 Å². The van der Waals surface area contributed by atoms with E-state index in [1.807, 2.05) is 0 Å². The normalized spacial score (nSPS) is 19.3. The number of hydrogen-bond acceptors (Lipinski definition) is 7. The van der Waals surface area contributed by atoms with Crippen molar-refractivity contribution in [1.29, 1.82) is 0 Å². The van der Waals surface area contributed by atoms with Gasteiger partial charge in [0.15, 0.2) is 0 Å². The van der Waals surface area contributed by atoms with Gasteiger partial charge < -0.3 is 10.2 Å². The summed E-state index contributed by atoms with van der Waals surface area (Å²) in [6, 6.07) is 0.434. The van der Waals surface area contributed by atoms with Crippen LogP contribution in [0.2, 0.25) is 0 Å². The Kier molecular flexibility index (Phi) is 3.94. The molecule has 3 rings (SSSR count). The minimum absolute atomic E-state index is 0.434. The van der Waals surface area contributed by atoms with Crippen LogP contribution in [0.15, 0.2) is 12.7 Å². The van der Waals surface area contributed by atoms with E-state index in [0.29, 0.717) is 23.9 Å². The molecule has 0 bridgehead atoms. The molecule has 8 heteroatoms. The summed E-state index contributed by atoms with van der Waals surface area (Å²) in [5, 5.41) is 7.08. The van der Waals surface area contributed by atoms with Crippen LogP contribution in [0.5, 0.6) is 0 Å². The van der Waals surface area contributed by atoms with Crippen LogP contribution >= 0.6 is 0 Å². The van der Waals surface area contributed by atoms with E-state index in [-0.39, 0.29) is 0 Å². The lowest BCUT2D eigenvalue weighted by molar-refractivity contribution is 0.602. The molecule has 2 aromatic heterocycles. The lowest BCUT2D eigenvalue weighted by Gasteiger charge is -2.27. The van der Waals surface area contributed by atoms with Crippen molar-refractivity contribution in [3.8, 4) is 5.95 Å². The van der Waals surface area contributed by atoms with E-state index in [4.69, 9.17) is 0 Å². The number of nitrogens with zero attached hydrogens (tertiary/aromatic N) is 7. The van der Waals surface area contributed by atoms with Crippen LogP contribution in [0.3, 0.4) is 0 Å². The first-order valence-corrected chi connectivity index (χ1v) is 7.33. The minimum atomic E-state index is 0.434. The highest BCUT2D eigenvalue weighted by atomic mass is 15.4. The maximum absolute atomic E-state index is 4.56. The number of anilines is 2. The minimum Gasteiger partial charge on any atom is -0.357 e. The Balaban J connectivity index is 1.99. The zero-order chi connectivity index (χ0) is 14.7. The van der Waals surface area contributed by atoms with E-state index in [1.54, 1.807) is 18.1 Å². The predicted octanol–water partition coefficient (Wildman–Crippen LogP) is 1.26. The molecule has 1 unspecified atom stereocenters. The molecule has 0 saturated carbocycles. The Morgan fingerprint density at radius 1 is 1.14 bits per heavy atom. The van der Waals surface area contributed by atoms with Gasteiger partial charge in [-0.15, -0.1) is 0 Å². The standard InChI is InChI=1S/C13H20N8/c1-10-6-4-3-5-7-20(10)12-17-11(14-2)18-13(19-12)21-9-15-8-16-21/h8-10H,3-7H2,1-2H3,(H,14,17,18,19). The Bertz CT molecular complexity index is 582. The van der Waals surface area contributed by atoms with Gasteiger partial charge in [0.1, 0.15) is 12.7 Å². The van der Waals surface area contributed by atoms with Gasteiger partial charge >= 0.3 is 0 Å². The van der Waals surface area contributed by atoms with Gasteiger partial charge in [-0.1, -0.05) is 12.8 Å². The zero-order valence-corrected chi connectivity index (χ0v) is 12.4. The number of rotatable bonds is 3. The summed E-state index contributed by atoms with van der Waals surface area (Å²) in [5.74, 6) is 1.73. The van der Waals surface area contributed by atoms with Crippen molar-refractivity contribution in [2.24, 2.45) is 0 Å². The molecule has 8 nitrogen and oxygen atoms in total. The summed E-state index contributed by atoms with van der Waals surface area (Å²) in [4.78, 5) is 19.6. The van der Waals surface area contributed by atoms with Gasteiger partial charge in [0.05, 0.1) is 0 Å².